The topological polar surface area (TPSA) is 27.7 Å². The molecule has 0 atom stereocenters. The van der Waals surface area contributed by atoms with Crippen molar-refractivity contribution in [3.05, 3.63) is 17.7 Å². The van der Waals surface area contributed by atoms with Crippen molar-refractivity contribution in [3.63, 3.8) is 0 Å². The van der Waals surface area contributed by atoms with Crippen molar-refractivity contribution in [1.82, 2.24) is 0 Å². The summed E-state index contributed by atoms with van der Waals surface area (Å²) in [5.41, 5.74) is 1.15. The lowest BCUT2D eigenvalue weighted by Gasteiger charge is -2.13. The summed E-state index contributed by atoms with van der Waals surface area (Å²) in [5, 5.41) is 0. The van der Waals surface area contributed by atoms with Crippen LogP contribution in [-0.4, -0.2) is 21.3 Å². The van der Waals surface area contributed by atoms with Crippen molar-refractivity contribution in [3.8, 4) is 17.2 Å². The number of alkyl halides is 1. The zero-order valence-electron chi connectivity index (χ0n) is 8.46. The van der Waals surface area contributed by atoms with Crippen molar-refractivity contribution < 1.29 is 14.2 Å². The fraction of sp³-hybridized carbons (Fsp3) is 0.400. The smallest absolute Gasteiger partial charge is 0.203 e. The van der Waals surface area contributed by atoms with E-state index in [1.54, 1.807) is 21.3 Å². The summed E-state index contributed by atoms with van der Waals surface area (Å²) in [6.45, 7) is 0. The molecule has 0 N–H and O–H groups in total. The van der Waals surface area contributed by atoms with Crippen LogP contribution >= 0.6 is 22.6 Å². The lowest BCUT2D eigenvalue weighted by atomic mass is 10.2. The molecule has 0 radical (unpaired) electrons. The number of hydrogen-bond donors (Lipinski definition) is 0. The first-order chi connectivity index (χ1) is 6.76. The van der Waals surface area contributed by atoms with Crippen LogP contribution in [-0.2, 0) is 4.43 Å². The van der Waals surface area contributed by atoms with Crippen LogP contribution in [0.4, 0.5) is 0 Å². The Balaban J connectivity index is 3.24. The van der Waals surface area contributed by atoms with Crippen LogP contribution in [0.3, 0.4) is 0 Å². The van der Waals surface area contributed by atoms with E-state index in [0.717, 1.165) is 9.99 Å². The molecular weight excluding hydrogens is 295 g/mol. The van der Waals surface area contributed by atoms with Gasteiger partial charge in [-0.05, 0) is 17.7 Å². The molecule has 0 amide bonds. The quantitative estimate of drug-likeness (QED) is 0.632. The first-order valence-corrected chi connectivity index (χ1v) is 5.64. The molecule has 4 heteroatoms. The average Bonchev–Trinajstić information content (AvgIpc) is 2.26. The van der Waals surface area contributed by atoms with E-state index >= 15 is 0 Å². The van der Waals surface area contributed by atoms with Crippen LogP contribution in [0.1, 0.15) is 5.56 Å². The predicted octanol–water partition coefficient (Wildman–Crippen LogP) is 2.65. The number of benzene rings is 1. The first kappa shape index (κ1) is 11.4. The number of hydrogen-bond acceptors (Lipinski definition) is 3. The molecule has 0 aromatic heterocycles. The Morgan fingerprint density at radius 1 is 1.00 bits per heavy atom. The Morgan fingerprint density at radius 2 is 1.50 bits per heavy atom. The van der Waals surface area contributed by atoms with Crippen LogP contribution < -0.4 is 14.2 Å². The molecule has 0 bridgehead atoms. The minimum absolute atomic E-state index is 0.642. The van der Waals surface area contributed by atoms with E-state index in [1.807, 2.05) is 12.1 Å². The molecule has 1 aromatic carbocycles. The highest BCUT2D eigenvalue weighted by molar-refractivity contribution is 14.1. The zero-order valence-corrected chi connectivity index (χ0v) is 10.6. The normalized spacial score (nSPS) is 9.71. The summed E-state index contributed by atoms with van der Waals surface area (Å²) in [4.78, 5) is 0. The molecule has 1 aromatic rings. The fourth-order valence-corrected chi connectivity index (χ4v) is 1.65. The van der Waals surface area contributed by atoms with E-state index in [2.05, 4.69) is 22.6 Å². The van der Waals surface area contributed by atoms with E-state index in [9.17, 15) is 0 Å². The lowest BCUT2D eigenvalue weighted by Crippen LogP contribution is -1.96. The van der Waals surface area contributed by atoms with Crippen LogP contribution in [0.25, 0.3) is 0 Å². The van der Waals surface area contributed by atoms with Crippen molar-refractivity contribution in [1.29, 1.82) is 0 Å². The monoisotopic (exact) mass is 308 g/mol. The molecule has 78 valence electrons. The minimum Gasteiger partial charge on any atom is -0.493 e. The summed E-state index contributed by atoms with van der Waals surface area (Å²) < 4.78 is 16.5. The second-order valence-corrected chi connectivity index (χ2v) is 3.43. The minimum atomic E-state index is 0.642. The maximum atomic E-state index is 5.21. The molecule has 3 nitrogen and oxygen atoms in total. The van der Waals surface area contributed by atoms with Gasteiger partial charge in [-0.2, -0.15) is 0 Å². The van der Waals surface area contributed by atoms with Gasteiger partial charge in [-0.1, -0.05) is 22.6 Å². The van der Waals surface area contributed by atoms with Crippen LogP contribution in [0.2, 0.25) is 0 Å². The van der Waals surface area contributed by atoms with Gasteiger partial charge < -0.3 is 14.2 Å². The first-order valence-electron chi connectivity index (χ1n) is 4.11. The van der Waals surface area contributed by atoms with E-state index in [1.165, 1.54) is 0 Å². The van der Waals surface area contributed by atoms with Gasteiger partial charge in [-0.15, -0.1) is 0 Å². The highest BCUT2D eigenvalue weighted by atomic mass is 127. The Hall–Kier alpha value is -0.650. The predicted molar refractivity (Wildman–Crippen MR) is 63.8 cm³/mol. The second kappa shape index (κ2) is 5.29. The molecule has 0 aliphatic carbocycles. The largest absolute Gasteiger partial charge is 0.493 e. The van der Waals surface area contributed by atoms with E-state index in [0.29, 0.717) is 17.2 Å². The maximum absolute atomic E-state index is 5.21. The lowest BCUT2D eigenvalue weighted by molar-refractivity contribution is 0.324. The Morgan fingerprint density at radius 3 is 1.79 bits per heavy atom. The molecule has 0 unspecified atom stereocenters. The van der Waals surface area contributed by atoms with Gasteiger partial charge in [0.15, 0.2) is 11.5 Å². The Labute approximate surface area is 97.5 Å². The molecule has 1 rings (SSSR count). The molecule has 14 heavy (non-hydrogen) atoms. The van der Waals surface area contributed by atoms with Crippen molar-refractivity contribution in [2.24, 2.45) is 0 Å². The molecule has 0 aliphatic heterocycles. The number of ether oxygens (including phenoxy) is 3. The highest BCUT2D eigenvalue weighted by Crippen LogP contribution is 2.38. The SMILES string of the molecule is COc1cc(CI)cc(OC)c1OC. The van der Waals surface area contributed by atoms with Gasteiger partial charge in [0.1, 0.15) is 0 Å². The van der Waals surface area contributed by atoms with Gasteiger partial charge in [-0.25, -0.2) is 0 Å². The molecule has 0 spiro atoms. The van der Waals surface area contributed by atoms with Crippen LogP contribution in [0.5, 0.6) is 17.2 Å². The fourth-order valence-electron chi connectivity index (χ4n) is 1.21. The van der Waals surface area contributed by atoms with E-state index in [4.69, 9.17) is 14.2 Å². The molecule has 0 saturated heterocycles. The molecular formula is C10H13IO3. The molecule has 0 aliphatic rings. The van der Waals surface area contributed by atoms with Gasteiger partial charge in [0, 0.05) is 4.43 Å². The van der Waals surface area contributed by atoms with Gasteiger partial charge in [-0.3, -0.25) is 0 Å². The van der Waals surface area contributed by atoms with Crippen LogP contribution in [0.15, 0.2) is 12.1 Å². The summed E-state index contributed by atoms with van der Waals surface area (Å²) in [6, 6.07) is 3.90. The van der Waals surface area contributed by atoms with Crippen molar-refractivity contribution in [2.45, 2.75) is 4.43 Å². The average molecular weight is 308 g/mol. The molecule has 0 heterocycles. The standard InChI is InChI=1S/C10H13IO3/c1-12-8-4-7(6-11)5-9(13-2)10(8)14-3/h4-5H,6H2,1-3H3. The zero-order chi connectivity index (χ0) is 10.6. The third-order valence-electron chi connectivity index (χ3n) is 1.88. The number of halogens is 1. The van der Waals surface area contributed by atoms with Crippen LogP contribution in [0, 0.1) is 0 Å². The van der Waals surface area contributed by atoms with Gasteiger partial charge in [0.2, 0.25) is 5.75 Å². The summed E-state index contributed by atoms with van der Waals surface area (Å²) >= 11 is 2.29. The molecule has 0 saturated carbocycles. The number of methoxy groups -OCH3 is 3. The Bertz CT molecular complexity index is 287. The summed E-state index contributed by atoms with van der Waals surface area (Å²) in [7, 11) is 4.84. The third-order valence-corrected chi connectivity index (χ3v) is 2.76. The maximum Gasteiger partial charge on any atom is 0.203 e. The van der Waals surface area contributed by atoms with Gasteiger partial charge >= 0.3 is 0 Å². The Kier molecular flexibility index (Phi) is 4.31. The van der Waals surface area contributed by atoms with Gasteiger partial charge in [0.25, 0.3) is 0 Å². The second-order valence-electron chi connectivity index (χ2n) is 2.67. The van der Waals surface area contributed by atoms with Crippen molar-refractivity contribution in [2.75, 3.05) is 21.3 Å². The summed E-state index contributed by atoms with van der Waals surface area (Å²) in [6.07, 6.45) is 0. The van der Waals surface area contributed by atoms with E-state index in [-0.39, 0.29) is 0 Å². The van der Waals surface area contributed by atoms with Crippen molar-refractivity contribution >= 4 is 22.6 Å². The number of rotatable bonds is 4. The summed E-state index contributed by atoms with van der Waals surface area (Å²) in [5.74, 6) is 2.06. The third kappa shape index (κ3) is 2.23. The highest BCUT2D eigenvalue weighted by Gasteiger charge is 2.12. The van der Waals surface area contributed by atoms with Gasteiger partial charge in [0.05, 0.1) is 21.3 Å². The van der Waals surface area contributed by atoms with E-state index < -0.39 is 0 Å². The molecule has 0 fully saturated rings.